The average molecular weight is 261 g/mol. The summed E-state index contributed by atoms with van der Waals surface area (Å²) in [5.74, 6) is -1.68. The summed E-state index contributed by atoms with van der Waals surface area (Å²) in [4.78, 5) is 24.6. The number of amides is 1. The topological polar surface area (TPSA) is 66.8 Å². The first kappa shape index (κ1) is 13.1. The molecule has 100 valence electrons. The van der Waals surface area contributed by atoms with Gasteiger partial charge in [0.05, 0.1) is 13.7 Å². The Morgan fingerprint density at radius 2 is 2.05 bits per heavy atom. The van der Waals surface area contributed by atoms with Crippen LogP contribution in [0.1, 0.15) is 5.56 Å². The van der Waals surface area contributed by atoms with Crippen LogP contribution in [0.4, 0.5) is 0 Å². The van der Waals surface area contributed by atoms with Crippen molar-refractivity contribution in [1.29, 1.82) is 0 Å². The van der Waals surface area contributed by atoms with Crippen LogP contribution in [0, 0.1) is 0 Å². The minimum absolute atomic E-state index is 0.0283. The lowest BCUT2D eigenvalue weighted by Gasteiger charge is -2.15. The monoisotopic (exact) mass is 261 g/mol. The van der Waals surface area contributed by atoms with Gasteiger partial charge in [0.25, 0.3) is 5.91 Å². The molecule has 0 unspecified atom stereocenters. The number of esters is 1. The summed E-state index contributed by atoms with van der Waals surface area (Å²) in [6.07, 6.45) is 0.675. The third-order valence-electron chi connectivity index (χ3n) is 3.07. The van der Waals surface area contributed by atoms with Gasteiger partial charge in [-0.25, -0.2) is 4.79 Å². The Morgan fingerprint density at radius 3 is 2.68 bits per heavy atom. The van der Waals surface area contributed by atoms with Gasteiger partial charge in [0.1, 0.15) is 5.57 Å². The fourth-order valence-corrected chi connectivity index (χ4v) is 1.99. The highest BCUT2D eigenvalue weighted by Crippen LogP contribution is 2.18. The van der Waals surface area contributed by atoms with E-state index in [9.17, 15) is 14.7 Å². The van der Waals surface area contributed by atoms with Crippen LogP contribution < -0.4 is 0 Å². The van der Waals surface area contributed by atoms with Gasteiger partial charge in [-0.15, -0.1) is 0 Å². The maximum absolute atomic E-state index is 11.8. The summed E-state index contributed by atoms with van der Waals surface area (Å²) < 4.78 is 4.53. The molecule has 0 atom stereocenters. The van der Waals surface area contributed by atoms with Gasteiger partial charge in [-0.1, -0.05) is 30.3 Å². The van der Waals surface area contributed by atoms with Crippen molar-refractivity contribution >= 4 is 11.9 Å². The van der Waals surface area contributed by atoms with E-state index >= 15 is 0 Å². The van der Waals surface area contributed by atoms with E-state index in [1.807, 2.05) is 30.3 Å². The highest BCUT2D eigenvalue weighted by molar-refractivity contribution is 6.04. The van der Waals surface area contributed by atoms with Crippen LogP contribution in [0.25, 0.3) is 0 Å². The van der Waals surface area contributed by atoms with E-state index in [2.05, 4.69) is 4.74 Å². The molecule has 0 saturated heterocycles. The number of carbonyl (C=O) groups excluding carboxylic acids is 2. The molecule has 19 heavy (non-hydrogen) atoms. The second-order valence-corrected chi connectivity index (χ2v) is 4.28. The molecular formula is C14H15NO4. The van der Waals surface area contributed by atoms with Gasteiger partial charge >= 0.3 is 5.97 Å². The van der Waals surface area contributed by atoms with Gasteiger partial charge in [0, 0.05) is 6.54 Å². The van der Waals surface area contributed by atoms with E-state index in [1.54, 1.807) is 0 Å². The summed E-state index contributed by atoms with van der Waals surface area (Å²) in [6.45, 7) is 0.553. The van der Waals surface area contributed by atoms with Crippen molar-refractivity contribution in [1.82, 2.24) is 4.90 Å². The second-order valence-electron chi connectivity index (χ2n) is 4.28. The predicted octanol–water partition coefficient (Wildman–Crippen LogP) is 1.06. The highest BCUT2D eigenvalue weighted by Gasteiger charge is 2.34. The SMILES string of the molecule is COC(=O)C1=C(O)C(=O)N(CCc2ccccc2)C1. The number of aliphatic hydroxyl groups is 1. The number of aliphatic hydroxyl groups excluding tert-OH is 1. The molecular weight excluding hydrogens is 246 g/mol. The van der Waals surface area contributed by atoms with Crippen LogP contribution >= 0.6 is 0 Å². The van der Waals surface area contributed by atoms with E-state index in [4.69, 9.17) is 0 Å². The average Bonchev–Trinajstić information content (AvgIpc) is 2.73. The van der Waals surface area contributed by atoms with E-state index in [-0.39, 0.29) is 12.1 Å². The quantitative estimate of drug-likeness (QED) is 0.823. The lowest BCUT2D eigenvalue weighted by Crippen LogP contribution is -2.30. The smallest absolute Gasteiger partial charge is 0.339 e. The Morgan fingerprint density at radius 1 is 1.37 bits per heavy atom. The molecule has 0 saturated carbocycles. The minimum atomic E-state index is -0.659. The number of methoxy groups -OCH3 is 1. The molecule has 0 aliphatic carbocycles. The number of hydrogen-bond acceptors (Lipinski definition) is 4. The van der Waals surface area contributed by atoms with Gasteiger partial charge in [-0.3, -0.25) is 4.79 Å². The zero-order chi connectivity index (χ0) is 13.8. The van der Waals surface area contributed by atoms with Crippen molar-refractivity contribution in [2.24, 2.45) is 0 Å². The summed E-state index contributed by atoms with van der Waals surface area (Å²) >= 11 is 0. The molecule has 1 heterocycles. The number of carbonyl (C=O) groups is 2. The Labute approximate surface area is 111 Å². The number of ether oxygens (including phenoxy) is 1. The van der Waals surface area contributed by atoms with Crippen molar-refractivity contribution in [3.63, 3.8) is 0 Å². The molecule has 0 fully saturated rings. The first-order valence-electron chi connectivity index (χ1n) is 5.97. The van der Waals surface area contributed by atoms with Crippen molar-refractivity contribution in [3.05, 3.63) is 47.2 Å². The molecule has 1 amide bonds. The van der Waals surface area contributed by atoms with Gasteiger partial charge in [0.2, 0.25) is 0 Å². The molecule has 1 aliphatic rings. The maximum atomic E-state index is 11.8. The number of benzene rings is 1. The molecule has 1 aromatic rings. The van der Waals surface area contributed by atoms with Crippen LogP contribution in [-0.4, -0.2) is 42.1 Å². The molecule has 2 rings (SSSR count). The molecule has 0 bridgehead atoms. The molecule has 0 spiro atoms. The minimum Gasteiger partial charge on any atom is -0.503 e. The number of rotatable bonds is 4. The lowest BCUT2D eigenvalue weighted by atomic mass is 10.1. The van der Waals surface area contributed by atoms with Crippen LogP contribution in [0.3, 0.4) is 0 Å². The zero-order valence-corrected chi connectivity index (χ0v) is 10.6. The van der Waals surface area contributed by atoms with Crippen molar-refractivity contribution in [2.45, 2.75) is 6.42 Å². The Hall–Kier alpha value is -2.30. The number of hydrogen-bond donors (Lipinski definition) is 1. The van der Waals surface area contributed by atoms with Gasteiger partial charge in [0.15, 0.2) is 5.76 Å². The lowest BCUT2D eigenvalue weighted by molar-refractivity contribution is -0.136. The number of nitrogens with zero attached hydrogens (tertiary/aromatic N) is 1. The summed E-state index contributed by atoms with van der Waals surface area (Å²) in [5, 5.41) is 9.61. The van der Waals surface area contributed by atoms with E-state index < -0.39 is 17.6 Å². The summed E-state index contributed by atoms with van der Waals surface area (Å²) in [6, 6.07) is 9.71. The van der Waals surface area contributed by atoms with Crippen LogP contribution in [0.5, 0.6) is 0 Å². The second kappa shape index (κ2) is 5.56. The van der Waals surface area contributed by atoms with E-state index in [0.29, 0.717) is 13.0 Å². The first-order valence-corrected chi connectivity index (χ1v) is 5.97. The highest BCUT2D eigenvalue weighted by atomic mass is 16.5. The van der Waals surface area contributed by atoms with Crippen LogP contribution in [0.2, 0.25) is 0 Å². The maximum Gasteiger partial charge on any atom is 0.339 e. The largest absolute Gasteiger partial charge is 0.503 e. The molecule has 1 N–H and O–H groups in total. The van der Waals surface area contributed by atoms with Crippen molar-refractivity contribution in [2.75, 3.05) is 20.2 Å². The standard InChI is InChI=1S/C14H15NO4/c1-19-14(18)11-9-15(13(17)12(11)16)8-7-10-5-3-2-4-6-10/h2-6,16H,7-9H2,1H3. The van der Waals surface area contributed by atoms with E-state index in [1.165, 1.54) is 12.0 Å². The Balaban J connectivity index is 1.98. The Bertz CT molecular complexity index is 522. The third-order valence-corrected chi connectivity index (χ3v) is 3.07. The van der Waals surface area contributed by atoms with Gasteiger partial charge in [-0.2, -0.15) is 0 Å². The summed E-state index contributed by atoms with van der Waals surface area (Å²) in [7, 11) is 1.22. The predicted molar refractivity (Wildman–Crippen MR) is 68.4 cm³/mol. The fourth-order valence-electron chi connectivity index (χ4n) is 1.99. The van der Waals surface area contributed by atoms with Crippen LogP contribution in [0.15, 0.2) is 41.7 Å². The van der Waals surface area contributed by atoms with E-state index in [0.717, 1.165) is 5.56 Å². The summed E-state index contributed by atoms with van der Waals surface area (Å²) in [5.41, 5.74) is 1.13. The third kappa shape index (κ3) is 2.76. The van der Waals surface area contributed by atoms with Crippen molar-refractivity contribution < 1.29 is 19.4 Å². The molecule has 1 aliphatic heterocycles. The Kier molecular flexibility index (Phi) is 3.85. The van der Waals surface area contributed by atoms with Crippen molar-refractivity contribution in [3.8, 4) is 0 Å². The zero-order valence-electron chi connectivity index (χ0n) is 10.6. The normalized spacial score (nSPS) is 15.0. The molecule has 5 nitrogen and oxygen atoms in total. The first-order chi connectivity index (χ1) is 9.13. The molecule has 0 radical (unpaired) electrons. The fraction of sp³-hybridized carbons (Fsp3) is 0.286. The van der Waals surface area contributed by atoms with Gasteiger partial charge < -0.3 is 14.7 Å². The molecule has 1 aromatic carbocycles. The molecule has 5 heteroatoms. The van der Waals surface area contributed by atoms with Crippen LogP contribution in [-0.2, 0) is 20.7 Å². The van der Waals surface area contributed by atoms with Gasteiger partial charge in [-0.05, 0) is 12.0 Å². The molecule has 0 aromatic heterocycles.